The molecule has 0 fully saturated rings. The molecule has 2 heterocycles. The first kappa shape index (κ1) is 18.0. The molecule has 1 aliphatic heterocycles. The summed E-state index contributed by atoms with van der Waals surface area (Å²) in [5, 5.41) is 3.96. The van der Waals surface area contributed by atoms with Crippen LogP contribution in [0.4, 0.5) is 5.69 Å². The molecule has 1 N–H and O–H groups in total. The summed E-state index contributed by atoms with van der Waals surface area (Å²) in [6.45, 7) is 0. The maximum absolute atomic E-state index is 5.10. The van der Waals surface area contributed by atoms with Crippen molar-refractivity contribution in [2.75, 3.05) is 5.32 Å². The van der Waals surface area contributed by atoms with Crippen LogP contribution in [-0.2, 0) is 18.5 Å². The molecule has 0 saturated heterocycles. The lowest BCUT2D eigenvalue weighted by molar-refractivity contribution is 0.335. The van der Waals surface area contributed by atoms with Gasteiger partial charge < -0.3 is 5.32 Å². The summed E-state index contributed by atoms with van der Waals surface area (Å²) in [5.41, 5.74) is 6.70. The highest BCUT2D eigenvalue weighted by Crippen LogP contribution is 2.43. The van der Waals surface area contributed by atoms with Crippen molar-refractivity contribution in [2.24, 2.45) is 0 Å². The summed E-state index contributed by atoms with van der Waals surface area (Å²) in [6, 6.07) is 38.5. The molecule has 1 aliphatic rings. The molecule has 0 atom stereocenters. The van der Waals surface area contributed by atoms with Gasteiger partial charge in [0, 0.05) is 24.1 Å². The number of imidazole rings is 1. The first-order valence-corrected chi connectivity index (χ1v) is 10.8. The topological polar surface area (TPSA) is 29.9 Å². The third-order valence-corrected chi connectivity index (χ3v) is 6.20. The van der Waals surface area contributed by atoms with E-state index in [1.807, 2.05) is 0 Å². The minimum Gasteiger partial charge on any atom is -0.361 e. The third kappa shape index (κ3) is 3.01. The lowest BCUT2D eigenvalue weighted by Gasteiger charge is -2.43. The standard InChI is InChI=1S/C28H23N3/c1-3-11-21(12-4-1)19-28(20-22-13-5-2-6-14-22)30-24-16-8-7-15-23(24)27-29-25-17-9-10-18-26(25)31(27)28/h1-18,30H,19-20H2. The Hall–Kier alpha value is -3.85. The van der Waals surface area contributed by atoms with Crippen LogP contribution in [0, 0.1) is 0 Å². The number of hydrogen-bond acceptors (Lipinski definition) is 2. The second-order valence-corrected chi connectivity index (χ2v) is 8.29. The van der Waals surface area contributed by atoms with E-state index in [4.69, 9.17) is 4.98 Å². The van der Waals surface area contributed by atoms with E-state index in [0.29, 0.717) is 0 Å². The molecule has 3 nitrogen and oxygen atoms in total. The SMILES string of the molecule is c1ccc(CC2(Cc3ccccc3)Nc3ccccc3-c3nc4ccccc4n32)cc1. The zero-order chi connectivity index (χ0) is 20.7. The number of benzene rings is 4. The minimum absolute atomic E-state index is 0.373. The Balaban J connectivity index is 1.64. The van der Waals surface area contributed by atoms with Crippen molar-refractivity contribution in [3.05, 3.63) is 120 Å². The number of aromatic nitrogens is 2. The number of hydrogen-bond donors (Lipinski definition) is 1. The molecule has 0 spiro atoms. The fraction of sp³-hybridized carbons (Fsp3) is 0.107. The van der Waals surface area contributed by atoms with E-state index in [1.54, 1.807) is 0 Å². The maximum Gasteiger partial charge on any atom is 0.145 e. The van der Waals surface area contributed by atoms with E-state index in [2.05, 4.69) is 119 Å². The smallest absolute Gasteiger partial charge is 0.145 e. The van der Waals surface area contributed by atoms with Gasteiger partial charge in [-0.15, -0.1) is 0 Å². The first-order valence-electron chi connectivity index (χ1n) is 10.8. The van der Waals surface area contributed by atoms with Gasteiger partial charge in [-0.05, 0) is 35.4 Å². The van der Waals surface area contributed by atoms with Gasteiger partial charge in [0.25, 0.3) is 0 Å². The van der Waals surface area contributed by atoms with Gasteiger partial charge in [-0.1, -0.05) is 84.9 Å². The van der Waals surface area contributed by atoms with Crippen LogP contribution in [0.15, 0.2) is 109 Å². The molecule has 31 heavy (non-hydrogen) atoms. The van der Waals surface area contributed by atoms with Crippen LogP contribution in [-0.4, -0.2) is 9.55 Å². The van der Waals surface area contributed by atoms with Crippen molar-refractivity contribution in [1.82, 2.24) is 9.55 Å². The van der Waals surface area contributed by atoms with Gasteiger partial charge >= 0.3 is 0 Å². The molecule has 0 saturated carbocycles. The fourth-order valence-electron chi connectivity index (χ4n) is 4.91. The molecule has 0 bridgehead atoms. The number of rotatable bonds is 4. The molecule has 1 aromatic heterocycles. The van der Waals surface area contributed by atoms with Crippen molar-refractivity contribution < 1.29 is 0 Å². The Morgan fingerprint density at radius 2 is 1.23 bits per heavy atom. The highest BCUT2D eigenvalue weighted by atomic mass is 15.3. The summed E-state index contributed by atoms with van der Waals surface area (Å²) in [5.74, 6) is 1.03. The molecular formula is C28H23N3. The Morgan fingerprint density at radius 1 is 0.645 bits per heavy atom. The van der Waals surface area contributed by atoms with Crippen LogP contribution < -0.4 is 5.32 Å². The van der Waals surface area contributed by atoms with Crippen molar-refractivity contribution >= 4 is 16.7 Å². The molecule has 0 unspecified atom stereocenters. The van der Waals surface area contributed by atoms with E-state index in [9.17, 15) is 0 Å². The molecule has 0 amide bonds. The first-order chi connectivity index (χ1) is 15.3. The summed E-state index contributed by atoms with van der Waals surface area (Å²) in [7, 11) is 0. The zero-order valence-electron chi connectivity index (χ0n) is 17.2. The second-order valence-electron chi connectivity index (χ2n) is 8.29. The summed E-state index contributed by atoms with van der Waals surface area (Å²) in [6.07, 6.45) is 1.70. The lowest BCUT2D eigenvalue weighted by atomic mass is 9.89. The number of para-hydroxylation sites is 3. The van der Waals surface area contributed by atoms with Gasteiger partial charge in [-0.2, -0.15) is 0 Å². The third-order valence-electron chi connectivity index (χ3n) is 6.20. The van der Waals surface area contributed by atoms with E-state index in [1.165, 1.54) is 11.1 Å². The van der Waals surface area contributed by atoms with E-state index < -0.39 is 0 Å². The monoisotopic (exact) mass is 401 g/mol. The molecular weight excluding hydrogens is 378 g/mol. The van der Waals surface area contributed by atoms with Gasteiger partial charge in [0.1, 0.15) is 11.5 Å². The number of nitrogens with zero attached hydrogens (tertiary/aromatic N) is 2. The van der Waals surface area contributed by atoms with Crippen LogP contribution in [0.1, 0.15) is 11.1 Å². The quantitative estimate of drug-likeness (QED) is 0.385. The molecule has 0 aliphatic carbocycles. The zero-order valence-corrected chi connectivity index (χ0v) is 17.2. The van der Waals surface area contributed by atoms with Crippen LogP contribution >= 0.6 is 0 Å². The molecule has 5 aromatic rings. The van der Waals surface area contributed by atoms with Crippen LogP contribution in [0.3, 0.4) is 0 Å². The molecule has 3 heteroatoms. The summed E-state index contributed by atoms with van der Waals surface area (Å²) >= 11 is 0. The Bertz CT molecular complexity index is 1310. The lowest BCUT2D eigenvalue weighted by Crippen LogP contribution is -2.48. The Labute approximate surface area is 182 Å². The maximum atomic E-state index is 5.10. The predicted molar refractivity (Wildman–Crippen MR) is 127 cm³/mol. The molecule has 0 radical (unpaired) electrons. The summed E-state index contributed by atoms with van der Waals surface area (Å²) in [4.78, 5) is 5.10. The average molecular weight is 402 g/mol. The number of fused-ring (bicyclic) bond motifs is 5. The Morgan fingerprint density at radius 3 is 1.94 bits per heavy atom. The molecule has 6 rings (SSSR count). The van der Waals surface area contributed by atoms with Crippen molar-refractivity contribution in [2.45, 2.75) is 18.5 Å². The van der Waals surface area contributed by atoms with Gasteiger partial charge in [0.05, 0.1) is 11.0 Å². The number of anilines is 1. The van der Waals surface area contributed by atoms with Gasteiger partial charge in [-0.3, -0.25) is 4.57 Å². The average Bonchev–Trinajstić information content (AvgIpc) is 3.21. The highest BCUT2D eigenvalue weighted by Gasteiger charge is 2.40. The van der Waals surface area contributed by atoms with Gasteiger partial charge in [0.2, 0.25) is 0 Å². The van der Waals surface area contributed by atoms with Crippen molar-refractivity contribution in [3.63, 3.8) is 0 Å². The van der Waals surface area contributed by atoms with E-state index in [-0.39, 0.29) is 5.66 Å². The van der Waals surface area contributed by atoms with Crippen LogP contribution in [0.25, 0.3) is 22.4 Å². The summed E-state index contributed by atoms with van der Waals surface area (Å²) < 4.78 is 2.44. The number of nitrogens with one attached hydrogen (secondary N) is 1. The van der Waals surface area contributed by atoms with Crippen molar-refractivity contribution in [1.29, 1.82) is 0 Å². The Kier molecular flexibility index (Phi) is 4.13. The van der Waals surface area contributed by atoms with Gasteiger partial charge in [0.15, 0.2) is 0 Å². The predicted octanol–water partition coefficient (Wildman–Crippen LogP) is 6.27. The van der Waals surface area contributed by atoms with E-state index in [0.717, 1.165) is 41.0 Å². The highest BCUT2D eigenvalue weighted by molar-refractivity contribution is 5.87. The van der Waals surface area contributed by atoms with Gasteiger partial charge in [-0.25, -0.2) is 4.98 Å². The second kappa shape index (κ2) is 7.13. The largest absolute Gasteiger partial charge is 0.361 e. The normalized spacial score (nSPS) is 13.9. The van der Waals surface area contributed by atoms with Crippen LogP contribution in [0.2, 0.25) is 0 Å². The molecule has 150 valence electrons. The minimum atomic E-state index is -0.373. The van der Waals surface area contributed by atoms with E-state index >= 15 is 0 Å². The molecule has 4 aromatic carbocycles. The fourth-order valence-corrected chi connectivity index (χ4v) is 4.91. The van der Waals surface area contributed by atoms with Crippen molar-refractivity contribution in [3.8, 4) is 11.4 Å². The van der Waals surface area contributed by atoms with Crippen LogP contribution in [0.5, 0.6) is 0 Å².